The molecule has 10 nitrogen and oxygen atoms in total. The second-order valence-electron chi connectivity index (χ2n) is 10.8. The topological polar surface area (TPSA) is 112 Å². The third-order valence-corrected chi connectivity index (χ3v) is 8.09. The molecule has 1 unspecified atom stereocenters. The van der Waals surface area contributed by atoms with Gasteiger partial charge in [-0.1, -0.05) is 42.5 Å². The summed E-state index contributed by atoms with van der Waals surface area (Å²) in [5.41, 5.74) is 3.45. The highest BCUT2D eigenvalue weighted by Crippen LogP contribution is 2.40. The molecule has 2 aliphatic heterocycles. The Hall–Kier alpha value is -4.41. The number of imide groups is 1. The fourth-order valence-electron chi connectivity index (χ4n) is 5.81. The Morgan fingerprint density at radius 1 is 0.907 bits per heavy atom. The number of fused-ring (bicyclic) bond motifs is 1. The summed E-state index contributed by atoms with van der Waals surface area (Å²) in [5.74, 6) is -0.301. The molecular weight excluding hydrogens is 548 g/mol. The maximum Gasteiger partial charge on any atom is 0.264 e. The Balaban J connectivity index is 1.40. The first-order valence-electron chi connectivity index (χ1n) is 14.5. The number of aliphatic hydroxyl groups is 1. The van der Waals surface area contributed by atoms with E-state index in [1.165, 1.54) is 31.6 Å². The predicted molar refractivity (Wildman–Crippen MR) is 162 cm³/mol. The van der Waals surface area contributed by atoms with Crippen molar-refractivity contribution in [1.29, 1.82) is 0 Å². The van der Waals surface area contributed by atoms with Crippen molar-refractivity contribution in [2.45, 2.75) is 32.0 Å². The first kappa shape index (κ1) is 30.1. The molecular formula is C33H38N4O6. The van der Waals surface area contributed by atoms with E-state index in [-0.39, 0.29) is 24.8 Å². The summed E-state index contributed by atoms with van der Waals surface area (Å²) in [6.45, 7) is 5.53. The molecule has 3 aromatic rings. The van der Waals surface area contributed by atoms with Gasteiger partial charge in [-0.25, -0.2) is 0 Å². The molecule has 3 amide bonds. The number of piperazine rings is 1. The number of aliphatic hydroxyl groups excluding tert-OH is 1. The molecule has 3 aromatic carbocycles. The summed E-state index contributed by atoms with van der Waals surface area (Å²) < 4.78 is 10.9. The monoisotopic (exact) mass is 586 g/mol. The van der Waals surface area contributed by atoms with Crippen LogP contribution in [0.25, 0.3) is 0 Å². The highest BCUT2D eigenvalue weighted by Gasteiger charge is 2.43. The summed E-state index contributed by atoms with van der Waals surface area (Å²) in [6, 6.07) is 20.4. The van der Waals surface area contributed by atoms with Gasteiger partial charge in [0.2, 0.25) is 5.91 Å². The number of methoxy groups -OCH3 is 2. The van der Waals surface area contributed by atoms with E-state index in [1.807, 2.05) is 30.3 Å². The molecule has 0 aliphatic carbocycles. The molecule has 10 heteroatoms. The van der Waals surface area contributed by atoms with Crippen molar-refractivity contribution in [3.05, 3.63) is 89.0 Å². The highest BCUT2D eigenvalue weighted by atomic mass is 16.5. The minimum absolute atomic E-state index is 0.145. The molecule has 0 radical (unpaired) electrons. The lowest BCUT2D eigenvalue weighted by molar-refractivity contribution is -0.128. The van der Waals surface area contributed by atoms with Gasteiger partial charge in [0.15, 0.2) is 11.5 Å². The largest absolute Gasteiger partial charge is 0.493 e. The zero-order valence-corrected chi connectivity index (χ0v) is 24.8. The molecule has 0 saturated carbocycles. The average Bonchev–Trinajstić information content (AvgIpc) is 3.29. The molecule has 1 fully saturated rings. The highest BCUT2D eigenvalue weighted by molar-refractivity contribution is 6.24. The van der Waals surface area contributed by atoms with Crippen LogP contribution in [0.1, 0.15) is 51.2 Å². The van der Waals surface area contributed by atoms with Crippen LogP contribution in [0.4, 0.5) is 5.69 Å². The van der Waals surface area contributed by atoms with E-state index in [4.69, 9.17) is 9.47 Å². The first-order valence-corrected chi connectivity index (χ1v) is 14.5. The Morgan fingerprint density at radius 2 is 1.63 bits per heavy atom. The smallest absolute Gasteiger partial charge is 0.264 e. The van der Waals surface area contributed by atoms with Gasteiger partial charge in [-0.05, 0) is 48.7 Å². The van der Waals surface area contributed by atoms with Gasteiger partial charge in [-0.2, -0.15) is 0 Å². The van der Waals surface area contributed by atoms with Crippen LogP contribution in [0.5, 0.6) is 11.5 Å². The number of carbonyl (C=O) groups is 3. The number of carbonyl (C=O) groups excluding carboxylic acids is 3. The van der Waals surface area contributed by atoms with Gasteiger partial charge in [0.25, 0.3) is 11.8 Å². The molecule has 0 bridgehead atoms. The quantitative estimate of drug-likeness (QED) is 0.330. The SMILES string of the molecule is COc1ccc([C@@H](CCNC(=O)C(C)O)N2C(=O)c3cccc(N4CCN(Cc5ccccc5)CC4)c3C2=O)cc1OC. The first-order chi connectivity index (χ1) is 20.8. The van der Waals surface area contributed by atoms with Crippen LogP contribution in [0.2, 0.25) is 0 Å². The molecule has 0 aromatic heterocycles. The molecule has 2 aliphatic rings. The molecule has 226 valence electrons. The van der Waals surface area contributed by atoms with Crippen LogP contribution < -0.4 is 19.7 Å². The van der Waals surface area contributed by atoms with Crippen LogP contribution in [0.3, 0.4) is 0 Å². The van der Waals surface area contributed by atoms with Gasteiger partial charge in [0.05, 0.1) is 37.1 Å². The second kappa shape index (κ2) is 13.3. The summed E-state index contributed by atoms with van der Waals surface area (Å²) in [5, 5.41) is 12.3. The normalized spacial score (nSPS) is 16.6. The van der Waals surface area contributed by atoms with E-state index in [0.717, 1.165) is 38.4 Å². The molecule has 0 spiro atoms. The van der Waals surface area contributed by atoms with Crippen molar-refractivity contribution in [3.63, 3.8) is 0 Å². The lowest BCUT2D eigenvalue weighted by atomic mass is 10.0. The Kier molecular flexibility index (Phi) is 9.27. The maximum atomic E-state index is 14.2. The van der Waals surface area contributed by atoms with E-state index in [9.17, 15) is 19.5 Å². The summed E-state index contributed by atoms with van der Waals surface area (Å²) in [7, 11) is 3.06. The van der Waals surface area contributed by atoms with E-state index >= 15 is 0 Å². The number of rotatable bonds is 11. The third kappa shape index (κ3) is 6.35. The number of amides is 3. The number of benzene rings is 3. The number of hydrogen-bond donors (Lipinski definition) is 2. The number of ether oxygens (including phenoxy) is 2. The van der Waals surface area contributed by atoms with E-state index in [0.29, 0.717) is 28.2 Å². The summed E-state index contributed by atoms with van der Waals surface area (Å²) >= 11 is 0. The summed E-state index contributed by atoms with van der Waals surface area (Å²) in [4.78, 5) is 46.0. The molecule has 2 heterocycles. The van der Waals surface area contributed by atoms with Crippen molar-refractivity contribution < 1.29 is 29.0 Å². The molecule has 2 N–H and O–H groups in total. The minimum atomic E-state index is -1.17. The van der Waals surface area contributed by atoms with Gasteiger partial charge >= 0.3 is 0 Å². The van der Waals surface area contributed by atoms with Crippen molar-refractivity contribution in [2.75, 3.05) is 51.8 Å². The summed E-state index contributed by atoms with van der Waals surface area (Å²) in [6.07, 6.45) is -0.929. The van der Waals surface area contributed by atoms with Gasteiger partial charge < -0.3 is 24.8 Å². The maximum absolute atomic E-state index is 14.2. The molecule has 43 heavy (non-hydrogen) atoms. The van der Waals surface area contributed by atoms with Crippen LogP contribution in [-0.4, -0.2) is 85.7 Å². The fourth-order valence-corrected chi connectivity index (χ4v) is 5.81. The minimum Gasteiger partial charge on any atom is -0.493 e. The van der Waals surface area contributed by atoms with Crippen LogP contribution in [0, 0.1) is 0 Å². The fraction of sp³-hybridized carbons (Fsp3) is 0.364. The zero-order valence-electron chi connectivity index (χ0n) is 24.8. The third-order valence-electron chi connectivity index (χ3n) is 8.09. The van der Waals surface area contributed by atoms with Gasteiger partial charge in [-0.3, -0.25) is 24.2 Å². The molecule has 2 atom stereocenters. The van der Waals surface area contributed by atoms with E-state index < -0.39 is 18.1 Å². The number of hydrogen-bond acceptors (Lipinski definition) is 8. The number of nitrogens with zero attached hydrogens (tertiary/aromatic N) is 3. The predicted octanol–water partition coefficient (Wildman–Crippen LogP) is 3.25. The van der Waals surface area contributed by atoms with Gasteiger partial charge in [-0.15, -0.1) is 0 Å². The Bertz CT molecular complexity index is 1470. The van der Waals surface area contributed by atoms with E-state index in [2.05, 4.69) is 27.2 Å². The van der Waals surface area contributed by atoms with Crippen molar-refractivity contribution in [1.82, 2.24) is 15.1 Å². The Labute approximate surface area is 251 Å². The number of anilines is 1. The Morgan fingerprint density at radius 3 is 2.30 bits per heavy atom. The molecule has 5 rings (SSSR count). The zero-order chi connectivity index (χ0) is 30.5. The van der Waals surface area contributed by atoms with Crippen LogP contribution >= 0.6 is 0 Å². The standard InChI is InChI=1S/C33H38N4O6/c1-22(38)31(39)34-15-14-26(24-12-13-28(42-2)29(20-24)43-3)37-32(40)25-10-7-11-27(30(25)33(37)41)36-18-16-35(17-19-36)21-23-8-5-4-6-9-23/h4-13,20,22,26,38H,14-19,21H2,1-3H3,(H,34,39)/t22?,26-/m1/s1. The van der Waals surface area contributed by atoms with E-state index in [1.54, 1.807) is 24.3 Å². The molecule has 1 saturated heterocycles. The van der Waals surface area contributed by atoms with Crippen molar-refractivity contribution in [2.24, 2.45) is 0 Å². The van der Waals surface area contributed by atoms with Gasteiger partial charge in [0, 0.05) is 39.3 Å². The lowest BCUT2D eigenvalue weighted by Gasteiger charge is -2.36. The van der Waals surface area contributed by atoms with Crippen molar-refractivity contribution in [3.8, 4) is 11.5 Å². The number of nitrogens with one attached hydrogen (secondary N) is 1. The van der Waals surface area contributed by atoms with Crippen molar-refractivity contribution >= 4 is 23.4 Å². The van der Waals surface area contributed by atoms with Crippen LogP contribution in [-0.2, 0) is 11.3 Å². The van der Waals surface area contributed by atoms with Gasteiger partial charge in [0.1, 0.15) is 6.10 Å². The average molecular weight is 587 g/mol. The second-order valence-corrected chi connectivity index (χ2v) is 10.8. The lowest BCUT2D eigenvalue weighted by Crippen LogP contribution is -2.46. The van der Waals surface area contributed by atoms with Crippen LogP contribution in [0.15, 0.2) is 66.7 Å².